The number of hydrogen-bond donors (Lipinski definition) is 0. The van der Waals surface area contributed by atoms with Gasteiger partial charge >= 0.3 is 0 Å². The molecule has 1 aromatic rings. The van der Waals surface area contributed by atoms with Crippen molar-refractivity contribution < 1.29 is 13.2 Å². The molecule has 0 amide bonds. The lowest BCUT2D eigenvalue weighted by atomic mass is 9.94. The number of rotatable bonds is 0. The van der Waals surface area contributed by atoms with Gasteiger partial charge in [0.2, 0.25) is 0 Å². The number of halogens is 4. The molecule has 0 aliphatic rings. The Bertz CT molecular complexity index is 234. The summed E-state index contributed by atoms with van der Waals surface area (Å²) in [5, 5.41) is 0. The van der Waals surface area contributed by atoms with E-state index in [1.54, 1.807) is 0 Å². The van der Waals surface area contributed by atoms with Crippen molar-refractivity contribution in [1.82, 2.24) is 0 Å². The van der Waals surface area contributed by atoms with E-state index in [4.69, 9.17) is 7.85 Å². The van der Waals surface area contributed by atoms with Gasteiger partial charge in [-0.2, -0.15) is 0 Å². The fraction of sp³-hybridized carbons (Fsp3) is 0.333. The summed E-state index contributed by atoms with van der Waals surface area (Å²) in [6.45, 7) is 5.14. The van der Waals surface area contributed by atoms with E-state index in [1.165, 1.54) is 0 Å². The van der Waals surface area contributed by atoms with Gasteiger partial charge in [0.15, 0.2) is 11.6 Å². The predicted octanol–water partition coefficient (Wildman–Crippen LogP) is 2.99. The van der Waals surface area contributed by atoms with Gasteiger partial charge in [0.25, 0.3) is 0 Å². The van der Waals surface area contributed by atoms with Crippen molar-refractivity contribution in [3.05, 3.63) is 27.5 Å². The second-order valence-electron chi connectivity index (χ2n) is 2.29. The maximum Gasteiger partial charge on any atom is 0.164 e. The Morgan fingerprint density at radius 3 is 1.86 bits per heavy atom. The molecule has 0 saturated carbocycles. The van der Waals surface area contributed by atoms with Crippen molar-refractivity contribution >= 4 is 29.2 Å². The highest BCUT2D eigenvalue weighted by Gasteiger charge is 2.17. The summed E-state index contributed by atoms with van der Waals surface area (Å²) >= 11 is 2.71. The summed E-state index contributed by atoms with van der Waals surface area (Å²) in [5.41, 5.74) is -0.927. The summed E-state index contributed by atoms with van der Waals surface area (Å²) in [7, 11) is 5.05. The van der Waals surface area contributed by atoms with Crippen LogP contribution in [0, 0.1) is 24.4 Å². The second kappa shape index (κ2) is 5.44. The molecular formula is C9H9BBrF3. The molecule has 2 radical (unpaired) electrons. The Labute approximate surface area is 91.0 Å². The minimum Gasteiger partial charge on any atom is -0.205 e. The lowest BCUT2D eigenvalue weighted by Crippen LogP contribution is -2.16. The molecule has 1 rings (SSSR count). The highest BCUT2D eigenvalue weighted by atomic mass is 79.9. The first-order valence-corrected chi connectivity index (χ1v) is 4.84. The molecule has 0 fully saturated rings. The maximum atomic E-state index is 12.9. The van der Waals surface area contributed by atoms with Crippen molar-refractivity contribution in [3.63, 3.8) is 0 Å². The Morgan fingerprint density at radius 2 is 1.43 bits per heavy atom. The quantitative estimate of drug-likeness (QED) is 0.499. The van der Waals surface area contributed by atoms with Crippen LogP contribution in [0.1, 0.15) is 19.4 Å². The van der Waals surface area contributed by atoms with Crippen LogP contribution in [0.25, 0.3) is 0 Å². The van der Waals surface area contributed by atoms with Gasteiger partial charge < -0.3 is 0 Å². The van der Waals surface area contributed by atoms with Crippen molar-refractivity contribution in [3.8, 4) is 0 Å². The zero-order valence-corrected chi connectivity index (χ0v) is 9.68. The van der Waals surface area contributed by atoms with Gasteiger partial charge in [-0.3, -0.25) is 0 Å². The van der Waals surface area contributed by atoms with Crippen LogP contribution in [-0.4, -0.2) is 7.85 Å². The molecule has 0 bridgehead atoms. The molecule has 76 valence electrons. The molecule has 0 atom stereocenters. The van der Waals surface area contributed by atoms with Crippen LogP contribution in [0.4, 0.5) is 13.2 Å². The minimum atomic E-state index is -1.24. The largest absolute Gasteiger partial charge is 0.205 e. The molecule has 0 spiro atoms. The van der Waals surface area contributed by atoms with Crippen LogP contribution >= 0.6 is 15.9 Å². The third-order valence-corrected chi connectivity index (χ3v) is 2.29. The van der Waals surface area contributed by atoms with Gasteiger partial charge in [0, 0.05) is 10.0 Å². The van der Waals surface area contributed by atoms with Crippen LogP contribution in [0.2, 0.25) is 0 Å². The van der Waals surface area contributed by atoms with E-state index in [2.05, 4.69) is 15.9 Å². The molecule has 0 nitrogen and oxygen atoms in total. The van der Waals surface area contributed by atoms with E-state index in [1.807, 2.05) is 13.8 Å². The third-order valence-electron chi connectivity index (χ3n) is 1.52. The van der Waals surface area contributed by atoms with Crippen LogP contribution in [0.15, 0.2) is 4.47 Å². The van der Waals surface area contributed by atoms with Crippen LogP contribution in [-0.2, 0) is 0 Å². The lowest BCUT2D eigenvalue weighted by molar-refractivity contribution is 0.490. The lowest BCUT2D eigenvalue weighted by Gasteiger charge is -2.06. The molecule has 14 heavy (non-hydrogen) atoms. The summed E-state index contributed by atoms with van der Waals surface area (Å²) in [6.07, 6.45) is 0. The monoisotopic (exact) mass is 264 g/mol. The fourth-order valence-corrected chi connectivity index (χ4v) is 1.23. The molecule has 1 aromatic carbocycles. The molecule has 0 aliphatic heterocycles. The van der Waals surface area contributed by atoms with Gasteiger partial charge in [-0.25, -0.2) is 13.2 Å². The van der Waals surface area contributed by atoms with E-state index in [0.29, 0.717) is 0 Å². The summed E-state index contributed by atoms with van der Waals surface area (Å²) in [4.78, 5) is 0. The van der Waals surface area contributed by atoms with E-state index in [9.17, 15) is 13.2 Å². The molecule has 0 heterocycles. The molecule has 0 aliphatic carbocycles. The van der Waals surface area contributed by atoms with Crippen LogP contribution < -0.4 is 5.46 Å². The van der Waals surface area contributed by atoms with Crippen molar-refractivity contribution in [1.29, 1.82) is 0 Å². The zero-order chi connectivity index (χ0) is 11.5. The smallest absolute Gasteiger partial charge is 0.164 e. The normalized spacial score (nSPS) is 9.36. The first-order chi connectivity index (χ1) is 6.46. The van der Waals surface area contributed by atoms with Crippen LogP contribution in [0.3, 0.4) is 0 Å². The van der Waals surface area contributed by atoms with E-state index in [0.717, 1.165) is 6.92 Å². The van der Waals surface area contributed by atoms with Crippen LogP contribution in [0.5, 0.6) is 0 Å². The first kappa shape index (κ1) is 13.6. The highest BCUT2D eigenvalue weighted by Crippen LogP contribution is 2.20. The van der Waals surface area contributed by atoms with Gasteiger partial charge in [0.05, 0.1) is 0 Å². The van der Waals surface area contributed by atoms with Gasteiger partial charge in [-0.1, -0.05) is 13.8 Å². The summed E-state index contributed by atoms with van der Waals surface area (Å²) < 4.78 is 38.1. The first-order valence-electron chi connectivity index (χ1n) is 4.04. The summed E-state index contributed by atoms with van der Waals surface area (Å²) in [6, 6.07) is 0. The van der Waals surface area contributed by atoms with E-state index >= 15 is 0 Å². The minimum absolute atomic E-state index is 0.237. The fourth-order valence-electron chi connectivity index (χ4n) is 0.758. The molecular weight excluding hydrogens is 256 g/mol. The Morgan fingerprint density at radius 1 is 1.00 bits per heavy atom. The second-order valence-corrected chi connectivity index (χ2v) is 3.09. The Hall–Kier alpha value is -0.445. The molecule has 0 unspecified atom stereocenters. The maximum absolute atomic E-state index is 12.9. The topological polar surface area (TPSA) is 0 Å². The molecule has 0 saturated heterocycles. The molecule has 0 N–H and O–H groups in total. The summed E-state index contributed by atoms with van der Waals surface area (Å²) in [5.74, 6) is -3.33. The third kappa shape index (κ3) is 2.32. The van der Waals surface area contributed by atoms with Crippen molar-refractivity contribution in [2.45, 2.75) is 20.8 Å². The van der Waals surface area contributed by atoms with Gasteiger partial charge in [0.1, 0.15) is 13.7 Å². The average molecular weight is 265 g/mol. The molecule has 5 heteroatoms. The predicted molar refractivity (Wildman–Crippen MR) is 55.5 cm³/mol. The SMILES string of the molecule is CC.[B]c1c(F)c(F)c(C)c(F)c1Br. The highest BCUT2D eigenvalue weighted by molar-refractivity contribution is 9.10. The van der Waals surface area contributed by atoms with E-state index < -0.39 is 22.9 Å². The zero-order valence-electron chi connectivity index (χ0n) is 8.09. The molecule has 0 aromatic heterocycles. The van der Waals surface area contributed by atoms with Crippen molar-refractivity contribution in [2.75, 3.05) is 0 Å². The standard InChI is InChI=1S/C7H3BBrF3.C2H6/c1-2-5(10)4(9)3(8)7(12)6(2)11;1-2/h1H3;1-2H3. The number of hydrogen-bond acceptors (Lipinski definition) is 0. The van der Waals surface area contributed by atoms with Crippen molar-refractivity contribution in [2.24, 2.45) is 0 Å². The Balaban J connectivity index is 0.000000791. The average Bonchev–Trinajstić information content (AvgIpc) is 2.24. The number of benzene rings is 1. The van der Waals surface area contributed by atoms with Gasteiger partial charge in [-0.15, -0.1) is 0 Å². The van der Waals surface area contributed by atoms with E-state index in [-0.39, 0.29) is 10.0 Å². The van der Waals surface area contributed by atoms with Gasteiger partial charge in [-0.05, 0) is 28.3 Å². The Kier molecular flexibility index (Phi) is 5.27.